The first-order chi connectivity index (χ1) is 11.0. The van der Waals surface area contributed by atoms with Gasteiger partial charge in [-0.3, -0.25) is 9.78 Å². The molecule has 1 N–H and O–H groups in total. The Morgan fingerprint density at radius 1 is 1.26 bits per heavy atom. The van der Waals surface area contributed by atoms with Crippen molar-refractivity contribution in [3.05, 3.63) is 30.1 Å². The molecule has 1 amide bonds. The first kappa shape index (κ1) is 17.9. The minimum atomic E-state index is -3.37. The molecule has 0 atom stereocenters. The van der Waals surface area contributed by atoms with Gasteiger partial charge in [-0.25, -0.2) is 8.42 Å². The van der Waals surface area contributed by atoms with E-state index in [4.69, 9.17) is 0 Å². The molecule has 1 aromatic heterocycles. The summed E-state index contributed by atoms with van der Waals surface area (Å²) in [7, 11) is -3.37. The standard InChI is InChI=1S/C16H25N3O3S/c1-23(21,22)19(15-5-3-2-4-6-15)13-16(20)18-12-9-14-7-10-17-11-8-14/h7-8,10-11,15H,2-6,9,12-13H2,1H3,(H,18,20). The van der Waals surface area contributed by atoms with E-state index < -0.39 is 10.0 Å². The molecule has 7 heteroatoms. The van der Waals surface area contributed by atoms with Crippen LogP contribution in [0.5, 0.6) is 0 Å². The molecule has 0 aromatic carbocycles. The lowest BCUT2D eigenvalue weighted by Gasteiger charge is -2.31. The molecule has 2 rings (SSSR count). The monoisotopic (exact) mass is 339 g/mol. The molecule has 1 aliphatic carbocycles. The number of aromatic nitrogens is 1. The predicted molar refractivity (Wildman–Crippen MR) is 89.4 cm³/mol. The van der Waals surface area contributed by atoms with Crippen LogP contribution in [0, 0.1) is 0 Å². The van der Waals surface area contributed by atoms with E-state index in [0.29, 0.717) is 13.0 Å². The Labute approximate surface area is 138 Å². The van der Waals surface area contributed by atoms with Crippen molar-refractivity contribution in [1.29, 1.82) is 0 Å². The lowest BCUT2D eigenvalue weighted by molar-refractivity contribution is -0.121. The van der Waals surface area contributed by atoms with E-state index in [-0.39, 0.29) is 18.5 Å². The fourth-order valence-corrected chi connectivity index (χ4v) is 4.08. The van der Waals surface area contributed by atoms with E-state index in [2.05, 4.69) is 10.3 Å². The summed E-state index contributed by atoms with van der Waals surface area (Å²) in [5.74, 6) is -0.241. The Hall–Kier alpha value is -1.47. The van der Waals surface area contributed by atoms with Gasteiger partial charge in [0.2, 0.25) is 15.9 Å². The minimum absolute atomic E-state index is 0.0373. The summed E-state index contributed by atoms with van der Waals surface area (Å²) in [6.07, 6.45) is 10.2. The van der Waals surface area contributed by atoms with Gasteiger partial charge in [0.15, 0.2) is 0 Å². The minimum Gasteiger partial charge on any atom is -0.355 e. The Morgan fingerprint density at radius 3 is 2.52 bits per heavy atom. The van der Waals surface area contributed by atoms with Gasteiger partial charge in [0, 0.05) is 25.0 Å². The first-order valence-electron chi connectivity index (χ1n) is 8.09. The van der Waals surface area contributed by atoms with Gasteiger partial charge in [-0.05, 0) is 37.0 Å². The summed E-state index contributed by atoms with van der Waals surface area (Å²) in [6.45, 7) is 0.408. The van der Waals surface area contributed by atoms with Crippen molar-refractivity contribution < 1.29 is 13.2 Å². The molecule has 0 saturated heterocycles. The molecule has 1 saturated carbocycles. The van der Waals surface area contributed by atoms with Crippen LogP contribution < -0.4 is 5.32 Å². The largest absolute Gasteiger partial charge is 0.355 e. The number of sulfonamides is 1. The van der Waals surface area contributed by atoms with Gasteiger partial charge >= 0.3 is 0 Å². The predicted octanol–water partition coefficient (Wildman–Crippen LogP) is 1.33. The van der Waals surface area contributed by atoms with Crippen molar-refractivity contribution >= 4 is 15.9 Å². The zero-order valence-electron chi connectivity index (χ0n) is 13.6. The first-order valence-corrected chi connectivity index (χ1v) is 9.94. The van der Waals surface area contributed by atoms with Crippen LogP contribution in [0.3, 0.4) is 0 Å². The molecule has 23 heavy (non-hydrogen) atoms. The molecular weight excluding hydrogens is 314 g/mol. The number of nitrogens with one attached hydrogen (secondary N) is 1. The van der Waals surface area contributed by atoms with Crippen LogP contribution in [0.2, 0.25) is 0 Å². The summed E-state index contributed by atoms with van der Waals surface area (Å²) < 4.78 is 25.4. The van der Waals surface area contributed by atoms with Gasteiger partial charge in [0.1, 0.15) is 0 Å². The Balaban J connectivity index is 1.85. The van der Waals surface area contributed by atoms with Crippen molar-refractivity contribution in [2.75, 3.05) is 19.3 Å². The van der Waals surface area contributed by atoms with Gasteiger partial charge in [0.25, 0.3) is 0 Å². The summed E-state index contributed by atoms with van der Waals surface area (Å²) in [4.78, 5) is 16.0. The Morgan fingerprint density at radius 2 is 1.91 bits per heavy atom. The number of rotatable bonds is 7. The summed E-state index contributed by atoms with van der Waals surface area (Å²) >= 11 is 0. The van der Waals surface area contributed by atoms with E-state index in [1.54, 1.807) is 12.4 Å². The average Bonchev–Trinajstić information content (AvgIpc) is 2.53. The highest BCUT2D eigenvalue weighted by Crippen LogP contribution is 2.24. The van der Waals surface area contributed by atoms with Crippen LogP contribution >= 0.6 is 0 Å². The van der Waals surface area contributed by atoms with Gasteiger partial charge < -0.3 is 5.32 Å². The van der Waals surface area contributed by atoms with Crippen LogP contribution in [-0.2, 0) is 21.2 Å². The second kappa shape index (κ2) is 8.40. The number of amides is 1. The van der Waals surface area contributed by atoms with Crippen LogP contribution in [0.1, 0.15) is 37.7 Å². The molecule has 0 radical (unpaired) electrons. The van der Waals surface area contributed by atoms with Gasteiger partial charge in [-0.15, -0.1) is 0 Å². The van der Waals surface area contributed by atoms with Gasteiger partial charge in [0.05, 0.1) is 12.8 Å². The molecule has 1 aliphatic rings. The van der Waals surface area contributed by atoms with Crippen LogP contribution in [0.15, 0.2) is 24.5 Å². The SMILES string of the molecule is CS(=O)(=O)N(CC(=O)NCCc1ccncc1)C1CCCCC1. The Bertz CT molecular complexity index is 598. The highest BCUT2D eigenvalue weighted by Gasteiger charge is 2.29. The molecular formula is C16H25N3O3S. The molecule has 0 aliphatic heterocycles. The highest BCUT2D eigenvalue weighted by molar-refractivity contribution is 7.88. The topological polar surface area (TPSA) is 79.4 Å². The van der Waals surface area contributed by atoms with E-state index in [1.165, 1.54) is 10.6 Å². The maximum absolute atomic E-state index is 12.1. The molecule has 0 unspecified atom stereocenters. The molecule has 1 heterocycles. The normalized spacial score (nSPS) is 16.4. The number of carbonyl (C=O) groups excluding carboxylic acids is 1. The lowest BCUT2D eigenvalue weighted by atomic mass is 9.95. The maximum Gasteiger partial charge on any atom is 0.235 e. The smallest absolute Gasteiger partial charge is 0.235 e. The summed E-state index contributed by atoms with van der Waals surface area (Å²) in [5.41, 5.74) is 1.09. The third-order valence-corrected chi connectivity index (χ3v) is 5.47. The van der Waals surface area contributed by atoms with Crippen molar-refractivity contribution in [1.82, 2.24) is 14.6 Å². The van der Waals surface area contributed by atoms with Crippen molar-refractivity contribution in [2.24, 2.45) is 0 Å². The average molecular weight is 339 g/mol. The third kappa shape index (κ3) is 5.91. The van der Waals surface area contributed by atoms with Crippen LogP contribution in [-0.4, -0.2) is 49.0 Å². The van der Waals surface area contributed by atoms with E-state index >= 15 is 0 Å². The van der Waals surface area contributed by atoms with Crippen molar-refractivity contribution in [3.63, 3.8) is 0 Å². The van der Waals surface area contributed by atoms with Crippen molar-refractivity contribution in [2.45, 2.75) is 44.6 Å². The number of hydrogen-bond acceptors (Lipinski definition) is 4. The van der Waals surface area contributed by atoms with E-state index in [1.807, 2.05) is 12.1 Å². The number of hydrogen-bond donors (Lipinski definition) is 1. The second-order valence-corrected chi connectivity index (χ2v) is 7.99. The van der Waals surface area contributed by atoms with Gasteiger partial charge in [-0.1, -0.05) is 19.3 Å². The number of nitrogens with zero attached hydrogens (tertiary/aromatic N) is 2. The fraction of sp³-hybridized carbons (Fsp3) is 0.625. The molecule has 1 fully saturated rings. The summed E-state index contributed by atoms with van der Waals surface area (Å²) in [5, 5.41) is 2.81. The van der Waals surface area contributed by atoms with E-state index in [9.17, 15) is 13.2 Å². The molecule has 0 bridgehead atoms. The number of pyridine rings is 1. The molecule has 0 spiro atoms. The Kier molecular flexibility index (Phi) is 6.53. The fourth-order valence-electron chi connectivity index (χ4n) is 2.98. The molecule has 128 valence electrons. The lowest BCUT2D eigenvalue weighted by Crippen LogP contribution is -2.46. The van der Waals surface area contributed by atoms with Crippen LogP contribution in [0.4, 0.5) is 0 Å². The molecule has 1 aromatic rings. The highest BCUT2D eigenvalue weighted by atomic mass is 32.2. The molecule has 6 nitrogen and oxygen atoms in total. The zero-order chi connectivity index (χ0) is 16.7. The van der Waals surface area contributed by atoms with E-state index in [0.717, 1.165) is 37.7 Å². The zero-order valence-corrected chi connectivity index (χ0v) is 14.4. The quantitative estimate of drug-likeness (QED) is 0.813. The number of carbonyl (C=O) groups is 1. The second-order valence-electron chi connectivity index (χ2n) is 6.06. The van der Waals surface area contributed by atoms with Crippen molar-refractivity contribution in [3.8, 4) is 0 Å². The third-order valence-electron chi connectivity index (χ3n) is 4.19. The maximum atomic E-state index is 12.1. The summed E-state index contributed by atoms with van der Waals surface area (Å²) in [6, 6.07) is 3.76. The van der Waals surface area contributed by atoms with Crippen LogP contribution in [0.25, 0.3) is 0 Å². The van der Waals surface area contributed by atoms with Gasteiger partial charge in [-0.2, -0.15) is 4.31 Å².